The maximum Gasteiger partial charge on any atom is 0.138 e. The highest BCUT2D eigenvalue weighted by molar-refractivity contribution is 6.12. The lowest BCUT2D eigenvalue weighted by Crippen LogP contribution is -2.14. The lowest BCUT2D eigenvalue weighted by Gasteiger charge is -2.21. The Bertz CT molecular complexity index is 3400. The van der Waals surface area contributed by atoms with E-state index in [0.29, 0.717) is 0 Å². The van der Waals surface area contributed by atoms with Crippen LogP contribution in [-0.2, 0) is 5.41 Å². The van der Waals surface area contributed by atoms with Crippen LogP contribution in [0.1, 0.15) is 25.0 Å². The van der Waals surface area contributed by atoms with Crippen LogP contribution in [0.2, 0.25) is 0 Å². The summed E-state index contributed by atoms with van der Waals surface area (Å²) >= 11 is 0. The molecule has 3 heterocycles. The fraction of sp³-hybridized carbons (Fsp3) is 0.0536. The Morgan fingerprint density at radius 1 is 0.356 bits per heavy atom. The molecule has 0 atom stereocenters. The van der Waals surface area contributed by atoms with Gasteiger partial charge < -0.3 is 4.57 Å². The average molecular weight is 754 g/mol. The maximum absolute atomic E-state index is 5.34. The highest BCUT2D eigenvalue weighted by atomic mass is 15.1. The molecule has 11 aromatic rings. The van der Waals surface area contributed by atoms with Gasteiger partial charge in [-0.05, 0) is 105 Å². The Morgan fingerprint density at radius 3 is 1.59 bits per heavy atom. The van der Waals surface area contributed by atoms with Gasteiger partial charge in [0.1, 0.15) is 5.82 Å². The van der Waals surface area contributed by atoms with Gasteiger partial charge in [-0.25, -0.2) is 4.98 Å². The van der Waals surface area contributed by atoms with E-state index < -0.39 is 0 Å². The number of nitrogens with zero attached hydrogens (tertiary/aromatic N) is 3. The SMILES string of the molecule is CC1(C)c2ccccc2-c2cc(-n3c4ccccc4c4cc(-c5ccc6c(c5)c5ccccc5n6-c5cc(-c6ccccc6)cc(-c6ccccc6)n5)ccc43)ccc21. The van der Waals surface area contributed by atoms with Crippen molar-refractivity contribution >= 4 is 43.6 Å². The van der Waals surface area contributed by atoms with Crippen molar-refractivity contribution < 1.29 is 0 Å². The summed E-state index contributed by atoms with van der Waals surface area (Å²) in [5.74, 6) is 0.900. The third-order valence-electron chi connectivity index (χ3n) is 12.7. The van der Waals surface area contributed by atoms with E-state index in [1.54, 1.807) is 0 Å². The number of para-hydroxylation sites is 2. The van der Waals surface area contributed by atoms with Crippen LogP contribution in [0.5, 0.6) is 0 Å². The Hall–Kier alpha value is -7.49. The third-order valence-corrected chi connectivity index (χ3v) is 12.7. The normalized spacial score (nSPS) is 13.1. The molecule has 0 bridgehead atoms. The molecule has 0 fully saturated rings. The molecule has 278 valence electrons. The molecule has 1 aliphatic rings. The zero-order valence-corrected chi connectivity index (χ0v) is 32.9. The lowest BCUT2D eigenvalue weighted by atomic mass is 9.82. The van der Waals surface area contributed by atoms with Gasteiger partial charge in [0.15, 0.2) is 0 Å². The van der Waals surface area contributed by atoms with E-state index in [1.165, 1.54) is 77.2 Å². The van der Waals surface area contributed by atoms with Crippen molar-refractivity contribution in [2.75, 3.05) is 0 Å². The molecule has 3 nitrogen and oxygen atoms in total. The zero-order valence-electron chi connectivity index (χ0n) is 32.9. The van der Waals surface area contributed by atoms with E-state index in [9.17, 15) is 0 Å². The fourth-order valence-electron chi connectivity index (χ4n) is 9.86. The standard InChI is InChI=1S/C56H39N3/c1-56(2)48-22-12-9-19-42(48)45-35-41(27-28-49(45)56)58-51-23-13-10-20-43(51)46-31-38(25-29-53(46)58)39-26-30-54-47(32-39)44-21-11-14-24-52(44)59(54)55-34-40(36-15-5-3-6-16-36)33-50(57-55)37-17-7-4-8-18-37/h3-35H,1-2H3. The van der Waals surface area contributed by atoms with Crippen LogP contribution in [0.4, 0.5) is 0 Å². The minimum atomic E-state index is -0.0264. The number of hydrogen-bond donors (Lipinski definition) is 0. The first-order chi connectivity index (χ1) is 29.0. The van der Waals surface area contributed by atoms with Crippen LogP contribution in [0, 0.1) is 0 Å². The first-order valence-electron chi connectivity index (χ1n) is 20.5. The molecule has 3 aromatic heterocycles. The van der Waals surface area contributed by atoms with Crippen LogP contribution in [0.3, 0.4) is 0 Å². The van der Waals surface area contributed by atoms with Crippen LogP contribution in [0.25, 0.3) is 99.8 Å². The average Bonchev–Trinajstić information content (AvgIpc) is 3.89. The van der Waals surface area contributed by atoms with Gasteiger partial charge in [-0.2, -0.15) is 0 Å². The molecular weight excluding hydrogens is 715 g/mol. The molecule has 0 saturated heterocycles. The minimum Gasteiger partial charge on any atom is -0.309 e. The molecule has 0 spiro atoms. The second-order valence-electron chi connectivity index (χ2n) is 16.4. The summed E-state index contributed by atoms with van der Waals surface area (Å²) in [4.78, 5) is 5.34. The molecule has 12 rings (SSSR count). The maximum atomic E-state index is 5.34. The molecule has 0 radical (unpaired) electrons. The molecule has 3 heteroatoms. The summed E-state index contributed by atoms with van der Waals surface area (Å²) in [7, 11) is 0. The largest absolute Gasteiger partial charge is 0.309 e. The van der Waals surface area contributed by atoms with Gasteiger partial charge >= 0.3 is 0 Å². The van der Waals surface area contributed by atoms with Crippen molar-refractivity contribution in [2.45, 2.75) is 19.3 Å². The summed E-state index contributed by atoms with van der Waals surface area (Å²) in [5.41, 5.74) is 18.0. The van der Waals surface area contributed by atoms with Gasteiger partial charge in [0.25, 0.3) is 0 Å². The quantitative estimate of drug-likeness (QED) is 0.172. The lowest BCUT2D eigenvalue weighted by molar-refractivity contribution is 0.660. The second-order valence-corrected chi connectivity index (χ2v) is 16.4. The summed E-state index contributed by atoms with van der Waals surface area (Å²) in [6, 6.07) is 72.9. The van der Waals surface area contributed by atoms with Gasteiger partial charge in [0.05, 0.1) is 27.8 Å². The second kappa shape index (κ2) is 12.8. The van der Waals surface area contributed by atoms with Gasteiger partial charge in [-0.15, -0.1) is 0 Å². The zero-order chi connectivity index (χ0) is 39.2. The summed E-state index contributed by atoms with van der Waals surface area (Å²) in [6.45, 7) is 4.69. The molecule has 0 saturated carbocycles. The highest BCUT2D eigenvalue weighted by Gasteiger charge is 2.35. The third kappa shape index (κ3) is 5.11. The summed E-state index contributed by atoms with van der Waals surface area (Å²) in [5, 5.41) is 4.91. The number of pyridine rings is 1. The number of aromatic nitrogens is 3. The topological polar surface area (TPSA) is 22.8 Å². The van der Waals surface area contributed by atoms with Crippen molar-refractivity contribution in [1.29, 1.82) is 0 Å². The van der Waals surface area contributed by atoms with E-state index in [0.717, 1.165) is 33.7 Å². The smallest absolute Gasteiger partial charge is 0.138 e. The van der Waals surface area contributed by atoms with Gasteiger partial charge in [-0.3, -0.25) is 4.57 Å². The Kier molecular flexibility index (Phi) is 7.27. The highest BCUT2D eigenvalue weighted by Crippen LogP contribution is 2.49. The number of fused-ring (bicyclic) bond motifs is 9. The molecular formula is C56H39N3. The van der Waals surface area contributed by atoms with Crippen molar-refractivity contribution in [3.05, 3.63) is 211 Å². The van der Waals surface area contributed by atoms with E-state index >= 15 is 0 Å². The van der Waals surface area contributed by atoms with E-state index in [-0.39, 0.29) is 5.41 Å². The number of rotatable bonds is 5. The van der Waals surface area contributed by atoms with Crippen LogP contribution in [0.15, 0.2) is 200 Å². The van der Waals surface area contributed by atoms with Gasteiger partial charge in [-0.1, -0.05) is 153 Å². The van der Waals surface area contributed by atoms with E-state index in [1.807, 2.05) is 0 Å². The van der Waals surface area contributed by atoms with E-state index in [4.69, 9.17) is 4.98 Å². The monoisotopic (exact) mass is 753 g/mol. The predicted molar refractivity (Wildman–Crippen MR) is 247 cm³/mol. The number of hydrogen-bond acceptors (Lipinski definition) is 1. The van der Waals surface area contributed by atoms with Crippen LogP contribution < -0.4 is 0 Å². The Labute approximate surface area is 343 Å². The molecule has 0 aliphatic heterocycles. The van der Waals surface area contributed by atoms with Crippen molar-refractivity contribution in [2.24, 2.45) is 0 Å². The minimum absolute atomic E-state index is 0.0264. The first kappa shape index (κ1) is 33.6. The van der Waals surface area contributed by atoms with Crippen molar-refractivity contribution in [1.82, 2.24) is 14.1 Å². The molecule has 1 aliphatic carbocycles. The van der Waals surface area contributed by atoms with Crippen LogP contribution in [-0.4, -0.2) is 14.1 Å². The van der Waals surface area contributed by atoms with Gasteiger partial charge in [0.2, 0.25) is 0 Å². The summed E-state index contributed by atoms with van der Waals surface area (Å²) < 4.78 is 4.78. The van der Waals surface area contributed by atoms with Gasteiger partial charge in [0, 0.05) is 38.2 Å². The predicted octanol–water partition coefficient (Wildman–Crippen LogP) is 14.6. The first-order valence-corrected chi connectivity index (χ1v) is 20.5. The molecule has 0 unspecified atom stereocenters. The fourth-order valence-corrected chi connectivity index (χ4v) is 9.86. The van der Waals surface area contributed by atoms with E-state index in [2.05, 4.69) is 223 Å². The van der Waals surface area contributed by atoms with Crippen LogP contribution >= 0.6 is 0 Å². The number of benzene rings is 8. The molecule has 0 N–H and O–H groups in total. The molecule has 0 amide bonds. The van der Waals surface area contributed by atoms with Crippen molar-refractivity contribution in [3.63, 3.8) is 0 Å². The molecule has 8 aromatic carbocycles. The molecule has 59 heavy (non-hydrogen) atoms. The Morgan fingerprint density at radius 2 is 0.898 bits per heavy atom. The summed E-state index contributed by atoms with van der Waals surface area (Å²) in [6.07, 6.45) is 0. The Balaban J connectivity index is 1.02. The van der Waals surface area contributed by atoms with Crippen molar-refractivity contribution in [3.8, 4) is 56.1 Å².